The molecule has 1 saturated heterocycles. The van der Waals surface area contributed by atoms with E-state index >= 15 is 0 Å². The summed E-state index contributed by atoms with van der Waals surface area (Å²) in [7, 11) is 0. The van der Waals surface area contributed by atoms with E-state index in [9.17, 15) is 23.1 Å². The number of hydrogen-bond acceptors (Lipinski definition) is 3. The number of alkyl halides is 3. The molecule has 3 rings (SSSR count). The molecule has 1 aromatic rings. The topological polar surface area (TPSA) is 49.8 Å². The van der Waals surface area contributed by atoms with Crippen molar-refractivity contribution in [1.29, 1.82) is 0 Å². The first-order chi connectivity index (χ1) is 12.1. The Labute approximate surface area is 150 Å². The Kier molecular flexibility index (Phi) is 5.19. The van der Waals surface area contributed by atoms with E-state index in [0.717, 1.165) is 18.4 Å². The van der Waals surface area contributed by atoms with Gasteiger partial charge in [-0.3, -0.25) is 4.79 Å². The zero-order chi connectivity index (χ0) is 18.9. The van der Waals surface area contributed by atoms with Gasteiger partial charge in [-0.2, -0.15) is 0 Å². The fourth-order valence-corrected chi connectivity index (χ4v) is 4.00. The highest BCUT2D eigenvalue weighted by Crippen LogP contribution is 2.39. The maximum Gasteiger partial charge on any atom is 0.573 e. The van der Waals surface area contributed by atoms with Crippen LogP contribution in [0, 0.1) is 11.8 Å². The summed E-state index contributed by atoms with van der Waals surface area (Å²) in [6.45, 7) is 3.08. The Morgan fingerprint density at radius 2 is 1.96 bits per heavy atom. The van der Waals surface area contributed by atoms with E-state index in [-0.39, 0.29) is 17.6 Å². The van der Waals surface area contributed by atoms with Crippen molar-refractivity contribution in [3.63, 3.8) is 0 Å². The van der Waals surface area contributed by atoms with Gasteiger partial charge >= 0.3 is 6.36 Å². The van der Waals surface area contributed by atoms with E-state index in [2.05, 4.69) is 4.74 Å². The van der Waals surface area contributed by atoms with E-state index in [1.807, 2.05) is 4.90 Å². The molecule has 1 aliphatic carbocycles. The van der Waals surface area contributed by atoms with Gasteiger partial charge < -0.3 is 14.7 Å². The zero-order valence-electron chi connectivity index (χ0n) is 14.8. The van der Waals surface area contributed by atoms with Crippen LogP contribution in [0.25, 0.3) is 0 Å². The Morgan fingerprint density at radius 1 is 1.31 bits per heavy atom. The van der Waals surface area contributed by atoms with Gasteiger partial charge in [-0.15, -0.1) is 13.2 Å². The van der Waals surface area contributed by atoms with Gasteiger partial charge in [-0.25, -0.2) is 0 Å². The second-order valence-corrected chi connectivity index (χ2v) is 7.77. The van der Waals surface area contributed by atoms with Gasteiger partial charge in [0.1, 0.15) is 5.75 Å². The number of amides is 1. The van der Waals surface area contributed by atoms with Crippen molar-refractivity contribution < 1.29 is 27.8 Å². The minimum atomic E-state index is -4.68. The molecule has 1 amide bonds. The lowest BCUT2D eigenvalue weighted by molar-refractivity contribution is -0.274. The maximum atomic E-state index is 12.4. The Bertz CT molecular complexity index is 644. The number of carbonyl (C=O) groups is 1. The fraction of sp³-hybridized carbons (Fsp3) is 0.632. The Morgan fingerprint density at radius 3 is 2.54 bits per heavy atom. The summed E-state index contributed by atoms with van der Waals surface area (Å²) in [4.78, 5) is 14.3. The van der Waals surface area contributed by atoms with Crippen LogP contribution in [-0.4, -0.2) is 41.0 Å². The summed E-state index contributed by atoms with van der Waals surface area (Å²) in [6, 6.07) is 6.10. The second kappa shape index (κ2) is 7.10. The molecule has 2 aliphatic rings. The van der Waals surface area contributed by atoms with E-state index in [4.69, 9.17) is 0 Å². The highest BCUT2D eigenvalue weighted by molar-refractivity contribution is 5.80. The van der Waals surface area contributed by atoms with E-state index < -0.39 is 12.0 Å². The first kappa shape index (κ1) is 19.0. The predicted octanol–water partition coefficient (Wildman–Crippen LogP) is 3.53. The van der Waals surface area contributed by atoms with Gasteiger partial charge in [0.05, 0.1) is 5.60 Å². The maximum absolute atomic E-state index is 12.4. The number of benzene rings is 1. The standard InChI is InChI=1S/C19H24F3NO3/c1-18(25)11-15(12-18)17(24)23-7-5-13(6-8-23)9-14-3-2-4-16(10-14)26-19(20,21)22/h2-4,10,13,15,25H,5-9,11-12H2,1H3. The molecule has 7 heteroatoms. The molecule has 2 fully saturated rings. The highest BCUT2D eigenvalue weighted by Gasteiger charge is 2.44. The van der Waals surface area contributed by atoms with Crippen LogP contribution in [0.1, 0.15) is 38.2 Å². The Hall–Kier alpha value is -1.76. The monoisotopic (exact) mass is 371 g/mol. The van der Waals surface area contributed by atoms with Gasteiger partial charge in [0.2, 0.25) is 5.91 Å². The van der Waals surface area contributed by atoms with E-state index in [1.54, 1.807) is 19.1 Å². The zero-order valence-corrected chi connectivity index (χ0v) is 14.8. The number of nitrogens with zero attached hydrogens (tertiary/aromatic N) is 1. The molecule has 0 atom stereocenters. The smallest absolute Gasteiger partial charge is 0.406 e. The number of ether oxygens (including phenoxy) is 1. The molecule has 26 heavy (non-hydrogen) atoms. The minimum absolute atomic E-state index is 0.0715. The third-order valence-electron chi connectivity index (χ3n) is 5.30. The first-order valence-electron chi connectivity index (χ1n) is 8.97. The Balaban J connectivity index is 1.48. The third kappa shape index (κ3) is 4.90. The first-order valence-corrected chi connectivity index (χ1v) is 8.97. The lowest BCUT2D eigenvalue weighted by Crippen LogP contribution is -2.51. The normalized spacial score (nSPS) is 27.1. The molecule has 0 bridgehead atoms. The highest BCUT2D eigenvalue weighted by atomic mass is 19.4. The summed E-state index contributed by atoms with van der Waals surface area (Å²) >= 11 is 0. The summed E-state index contributed by atoms with van der Waals surface area (Å²) in [5.41, 5.74) is 0.105. The SMILES string of the molecule is CC1(O)CC(C(=O)N2CCC(Cc3cccc(OC(F)(F)F)c3)CC2)C1. The van der Waals surface area contributed by atoms with Crippen molar-refractivity contribution in [3.05, 3.63) is 29.8 Å². The van der Waals surface area contributed by atoms with Gasteiger partial charge in [-0.05, 0) is 62.6 Å². The van der Waals surface area contributed by atoms with Crippen LogP contribution in [0.15, 0.2) is 24.3 Å². The number of carbonyl (C=O) groups excluding carboxylic acids is 1. The summed E-state index contributed by atoms with van der Waals surface area (Å²) in [6.07, 6.45) is -1.29. The molecular weight excluding hydrogens is 347 g/mol. The van der Waals surface area contributed by atoms with Crippen LogP contribution in [0.5, 0.6) is 5.75 Å². The number of aliphatic hydroxyl groups is 1. The molecule has 0 unspecified atom stereocenters. The van der Waals surface area contributed by atoms with Crippen molar-refractivity contribution in [1.82, 2.24) is 4.90 Å². The van der Waals surface area contributed by atoms with Crippen molar-refractivity contribution in [3.8, 4) is 5.75 Å². The number of hydrogen-bond donors (Lipinski definition) is 1. The van der Waals surface area contributed by atoms with Crippen LogP contribution >= 0.6 is 0 Å². The van der Waals surface area contributed by atoms with Gasteiger partial charge in [-0.1, -0.05) is 12.1 Å². The van der Waals surface area contributed by atoms with Crippen molar-refractivity contribution in [2.24, 2.45) is 11.8 Å². The van der Waals surface area contributed by atoms with Gasteiger partial charge in [0.15, 0.2) is 0 Å². The summed E-state index contributed by atoms with van der Waals surface area (Å²) in [5.74, 6) is 0.192. The minimum Gasteiger partial charge on any atom is -0.406 e. The van der Waals surface area contributed by atoms with Gasteiger partial charge in [0, 0.05) is 19.0 Å². The molecule has 1 aromatic carbocycles. The molecule has 0 spiro atoms. The van der Waals surface area contributed by atoms with Gasteiger partial charge in [0.25, 0.3) is 0 Å². The number of halogens is 3. The molecule has 1 N–H and O–H groups in total. The summed E-state index contributed by atoms with van der Waals surface area (Å²) < 4.78 is 40.9. The summed E-state index contributed by atoms with van der Waals surface area (Å²) in [5, 5.41) is 9.78. The molecule has 1 aliphatic heterocycles. The lowest BCUT2D eigenvalue weighted by Gasteiger charge is -2.43. The van der Waals surface area contributed by atoms with Crippen LogP contribution in [0.4, 0.5) is 13.2 Å². The molecule has 144 valence electrons. The lowest BCUT2D eigenvalue weighted by atomic mass is 9.71. The third-order valence-corrected chi connectivity index (χ3v) is 5.30. The number of likely N-dealkylation sites (tertiary alicyclic amines) is 1. The van der Waals surface area contributed by atoms with E-state index in [0.29, 0.717) is 38.3 Å². The quantitative estimate of drug-likeness (QED) is 0.881. The average Bonchev–Trinajstić information content (AvgIpc) is 2.51. The van der Waals surface area contributed by atoms with Crippen LogP contribution in [-0.2, 0) is 11.2 Å². The largest absolute Gasteiger partial charge is 0.573 e. The van der Waals surface area contributed by atoms with Crippen LogP contribution < -0.4 is 4.74 Å². The second-order valence-electron chi connectivity index (χ2n) is 7.77. The predicted molar refractivity (Wildman–Crippen MR) is 89.5 cm³/mol. The number of piperidine rings is 1. The van der Waals surface area contributed by atoms with E-state index in [1.165, 1.54) is 12.1 Å². The molecule has 0 aromatic heterocycles. The van der Waals surface area contributed by atoms with Crippen molar-refractivity contribution in [2.45, 2.75) is 51.0 Å². The van der Waals surface area contributed by atoms with Crippen molar-refractivity contribution >= 4 is 5.91 Å². The molecule has 0 radical (unpaired) electrons. The van der Waals surface area contributed by atoms with Crippen LogP contribution in [0.2, 0.25) is 0 Å². The van der Waals surface area contributed by atoms with Crippen molar-refractivity contribution in [2.75, 3.05) is 13.1 Å². The fourth-order valence-electron chi connectivity index (χ4n) is 4.00. The molecular formula is C19H24F3NO3. The molecule has 4 nitrogen and oxygen atoms in total. The average molecular weight is 371 g/mol. The number of rotatable bonds is 4. The van der Waals surface area contributed by atoms with Crippen LogP contribution in [0.3, 0.4) is 0 Å². The molecule has 1 saturated carbocycles. The molecule has 1 heterocycles.